The van der Waals surface area contributed by atoms with E-state index in [2.05, 4.69) is 11.6 Å². The molecule has 1 N–H and O–H groups in total. The lowest BCUT2D eigenvalue weighted by Crippen LogP contribution is -2.30. The van der Waals surface area contributed by atoms with Crippen LogP contribution < -0.4 is 11.2 Å². The monoisotopic (exact) mass is 381 g/mol. The Balaban J connectivity index is 1.91. The number of hydrogen-bond donors (Lipinski definition) is 1. The van der Waals surface area contributed by atoms with E-state index in [1.807, 2.05) is 6.07 Å². The van der Waals surface area contributed by atoms with Gasteiger partial charge in [0.2, 0.25) is 0 Å². The van der Waals surface area contributed by atoms with Gasteiger partial charge in [0.05, 0.1) is 23.8 Å². The average Bonchev–Trinajstić information content (AvgIpc) is 2.68. The molecule has 1 aromatic carbocycles. The second kappa shape index (κ2) is 10.1. The Morgan fingerprint density at radius 1 is 1.18 bits per heavy atom. The minimum Gasteiger partial charge on any atom is -0.462 e. The molecule has 7 nitrogen and oxygen atoms in total. The number of hydrogen-bond acceptors (Lipinski definition) is 5. The normalized spacial score (nSPS) is 10.3. The van der Waals surface area contributed by atoms with Crippen molar-refractivity contribution in [3.05, 3.63) is 69.0 Å². The number of aryl methyl sites for hydroxylation is 1. The number of carbonyl (C=O) groups excluding carboxylic acids is 1. The highest BCUT2D eigenvalue weighted by atomic mass is 16.5. The molecule has 0 aliphatic rings. The highest BCUT2D eigenvalue weighted by Crippen LogP contribution is 2.15. The van der Waals surface area contributed by atoms with Gasteiger partial charge in [-0.1, -0.05) is 25.1 Å². The second-order valence-corrected chi connectivity index (χ2v) is 6.52. The van der Waals surface area contributed by atoms with Gasteiger partial charge in [-0.3, -0.25) is 14.3 Å². The van der Waals surface area contributed by atoms with Gasteiger partial charge in [0, 0.05) is 18.3 Å². The van der Waals surface area contributed by atoms with Crippen LogP contribution in [0, 0.1) is 11.3 Å². The number of unbranched alkanes of at least 4 members (excludes halogenated alkanes) is 3. The van der Waals surface area contributed by atoms with Gasteiger partial charge in [0.15, 0.2) is 0 Å². The zero-order valence-corrected chi connectivity index (χ0v) is 15.9. The van der Waals surface area contributed by atoms with Gasteiger partial charge in [0.1, 0.15) is 0 Å². The molecule has 146 valence electrons. The molecule has 0 radical (unpaired) electrons. The number of benzene rings is 1. The van der Waals surface area contributed by atoms with Gasteiger partial charge in [-0.2, -0.15) is 5.26 Å². The largest absolute Gasteiger partial charge is 0.462 e. The Morgan fingerprint density at radius 2 is 1.86 bits per heavy atom. The maximum Gasteiger partial charge on any atom is 0.333 e. The van der Waals surface area contributed by atoms with Crippen molar-refractivity contribution in [3.8, 4) is 17.2 Å². The van der Waals surface area contributed by atoms with Crippen molar-refractivity contribution in [2.24, 2.45) is 0 Å². The number of aromatic amines is 1. The van der Waals surface area contributed by atoms with E-state index in [1.54, 1.807) is 37.4 Å². The first-order valence-electron chi connectivity index (χ1n) is 9.09. The molecule has 7 heteroatoms. The van der Waals surface area contributed by atoms with E-state index in [4.69, 9.17) is 10.00 Å². The third-order valence-corrected chi connectivity index (χ3v) is 4.21. The van der Waals surface area contributed by atoms with Gasteiger partial charge in [-0.25, -0.2) is 9.59 Å². The summed E-state index contributed by atoms with van der Waals surface area (Å²) in [6.45, 7) is 5.96. The maximum absolute atomic E-state index is 12.1. The first-order chi connectivity index (χ1) is 13.4. The predicted molar refractivity (Wildman–Crippen MR) is 106 cm³/mol. The van der Waals surface area contributed by atoms with E-state index in [1.165, 1.54) is 4.57 Å². The van der Waals surface area contributed by atoms with Crippen molar-refractivity contribution in [1.29, 1.82) is 5.26 Å². The molecule has 0 fully saturated rings. The van der Waals surface area contributed by atoms with Gasteiger partial charge in [-0.05, 0) is 43.9 Å². The molecule has 0 bridgehead atoms. The molecular formula is C21H23N3O4. The van der Waals surface area contributed by atoms with Crippen LogP contribution in [0.1, 0.15) is 38.2 Å². The van der Waals surface area contributed by atoms with Gasteiger partial charge < -0.3 is 4.74 Å². The number of rotatable bonds is 9. The number of H-pyrrole nitrogens is 1. The number of esters is 1. The van der Waals surface area contributed by atoms with Gasteiger partial charge in [-0.15, -0.1) is 0 Å². The number of ether oxygens (including phenoxy) is 1. The zero-order valence-electron chi connectivity index (χ0n) is 15.9. The molecule has 0 aliphatic carbocycles. The molecule has 0 unspecified atom stereocenters. The van der Waals surface area contributed by atoms with E-state index in [0.717, 1.165) is 25.7 Å². The summed E-state index contributed by atoms with van der Waals surface area (Å²) in [6.07, 6.45) is 4.78. The van der Waals surface area contributed by atoms with Crippen molar-refractivity contribution in [1.82, 2.24) is 9.55 Å². The minimum absolute atomic E-state index is 0.354. The molecule has 28 heavy (non-hydrogen) atoms. The highest BCUT2D eigenvalue weighted by molar-refractivity contribution is 5.86. The highest BCUT2D eigenvalue weighted by Gasteiger charge is 2.08. The van der Waals surface area contributed by atoms with Crippen LogP contribution in [0.2, 0.25) is 0 Å². The number of aromatic nitrogens is 2. The first kappa shape index (κ1) is 20.9. The number of nitrogens with zero attached hydrogens (tertiary/aromatic N) is 2. The summed E-state index contributed by atoms with van der Waals surface area (Å²) < 4.78 is 6.51. The van der Waals surface area contributed by atoms with Crippen LogP contribution in [0.3, 0.4) is 0 Å². The SMILES string of the molecule is C=C(C)C(=O)OCCCCCCn1cc(-c2ccc(C#N)cc2)c(=O)[nH]c1=O. The Labute approximate surface area is 162 Å². The second-order valence-electron chi connectivity index (χ2n) is 6.52. The molecule has 0 aliphatic heterocycles. The van der Waals surface area contributed by atoms with Crippen molar-refractivity contribution in [3.63, 3.8) is 0 Å². The predicted octanol–water partition coefficient (Wildman–Crippen LogP) is 2.75. The quantitative estimate of drug-likeness (QED) is 0.408. The molecule has 0 spiro atoms. The summed E-state index contributed by atoms with van der Waals surface area (Å²) in [5.74, 6) is -0.380. The van der Waals surface area contributed by atoms with Crippen LogP contribution in [-0.4, -0.2) is 22.1 Å². The van der Waals surface area contributed by atoms with Crippen molar-refractivity contribution < 1.29 is 9.53 Å². The molecule has 1 aromatic heterocycles. The molecule has 2 aromatic rings. The Morgan fingerprint density at radius 3 is 2.50 bits per heavy atom. The number of nitrogens with one attached hydrogen (secondary N) is 1. The number of nitriles is 1. The fraction of sp³-hybridized carbons (Fsp3) is 0.333. The van der Waals surface area contributed by atoms with E-state index >= 15 is 0 Å². The van der Waals surface area contributed by atoms with Crippen molar-refractivity contribution in [2.75, 3.05) is 6.61 Å². The molecular weight excluding hydrogens is 358 g/mol. The number of carbonyl (C=O) groups is 1. The summed E-state index contributed by atoms with van der Waals surface area (Å²) in [7, 11) is 0. The third kappa shape index (κ3) is 5.81. The van der Waals surface area contributed by atoms with E-state index in [9.17, 15) is 14.4 Å². The topological polar surface area (TPSA) is 105 Å². The smallest absolute Gasteiger partial charge is 0.333 e. The van der Waals surface area contributed by atoms with Crippen LogP contribution in [0.5, 0.6) is 0 Å². The van der Waals surface area contributed by atoms with Crippen LogP contribution >= 0.6 is 0 Å². The van der Waals surface area contributed by atoms with Crippen molar-refractivity contribution >= 4 is 5.97 Å². The molecule has 0 saturated carbocycles. The Hall–Kier alpha value is -3.40. The fourth-order valence-electron chi connectivity index (χ4n) is 2.63. The maximum atomic E-state index is 12.1. The van der Waals surface area contributed by atoms with Crippen LogP contribution in [-0.2, 0) is 16.1 Å². The van der Waals surface area contributed by atoms with Gasteiger partial charge in [0.25, 0.3) is 5.56 Å². The molecule has 1 heterocycles. The first-order valence-corrected chi connectivity index (χ1v) is 9.09. The Kier molecular flexibility index (Phi) is 7.52. The van der Waals surface area contributed by atoms with E-state index < -0.39 is 11.2 Å². The summed E-state index contributed by atoms with van der Waals surface area (Å²) in [6, 6.07) is 8.66. The summed E-state index contributed by atoms with van der Waals surface area (Å²) >= 11 is 0. The Bertz CT molecular complexity index is 994. The summed E-state index contributed by atoms with van der Waals surface area (Å²) in [5, 5.41) is 8.87. The summed E-state index contributed by atoms with van der Waals surface area (Å²) in [4.78, 5) is 37.7. The summed E-state index contributed by atoms with van der Waals surface area (Å²) in [5.41, 5.74) is 1.02. The zero-order chi connectivity index (χ0) is 20.5. The lowest BCUT2D eigenvalue weighted by Gasteiger charge is -2.08. The molecule has 0 amide bonds. The average molecular weight is 381 g/mol. The lowest BCUT2D eigenvalue weighted by atomic mass is 10.1. The van der Waals surface area contributed by atoms with Gasteiger partial charge >= 0.3 is 11.7 Å². The van der Waals surface area contributed by atoms with E-state index in [-0.39, 0.29) is 5.97 Å². The molecule has 0 saturated heterocycles. The lowest BCUT2D eigenvalue weighted by molar-refractivity contribution is -0.139. The van der Waals surface area contributed by atoms with E-state index in [0.29, 0.717) is 35.4 Å². The molecule has 0 atom stereocenters. The third-order valence-electron chi connectivity index (χ3n) is 4.21. The van der Waals surface area contributed by atoms with Crippen molar-refractivity contribution in [2.45, 2.75) is 39.2 Å². The fourth-order valence-corrected chi connectivity index (χ4v) is 2.63. The van der Waals surface area contributed by atoms with Crippen LogP contribution in [0.25, 0.3) is 11.1 Å². The van der Waals surface area contributed by atoms with Crippen LogP contribution in [0.15, 0.2) is 52.2 Å². The minimum atomic E-state index is -0.453. The van der Waals surface area contributed by atoms with Crippen LogP contribution in [0.4, 0.5) is 0 Å². The standard InChI is InChI=1S/C21H23N3O4/c1-15(2)20(26)28-12-6-4-3-5-11-24-14-18(19(25)23-21(24)27)17-9-7-16(13-22)8-10-17/h7-10,14H,1,3-6,11-12H2,2H3,(H,23,25,27). The molecule has 2 rings (SSSR count).